The van der Waals surface area contributed by atoms with Crippen molar-refractivity contribution < 1.29 is 0 Å². The molecule has 0 radical (unpaired) electrons. The maximum absolute atomic E-state index is 4.65. The first-order chi connectivity index (χ1) is 9.22. The zero-order valence-corrected chi connectivity index (χ0v) is 11.9. The summed E-state index contributed by atoms with van der Waals surface area (Å²) in [6.45, 7) is 5.60. The van der Waals surface area contributed by atoms with Crippen molar-refractivity contribution in [3.63, 3.8) is 0 Å². The van der Waals surface area contributed by atoms with Crippen LogP contribution in [0.15, 0.2) is 16.6 Å². The summed E-state index contributed by atoms with van der Waals surface area (Å²) in [6, 6.07) is 2.40. The standard InChI is InChI=1S/C18H21N/c1-11-5-14-7-16-10-19-9-15(13-3-4-13)8-18(16)12(2)17(14)6-11/h7-8,10-11,13H,3-6,9H2,1-2H3. The highest BCUT2D eigenvalue weighted by molar-refractivity contribution is 5.89. The van der Waals surface area contributed by atoms with Gasteiger partial charge in [0, 0.05) is 11.8 Å². The van der Waals surface area contributed by atoms with Crippen molar-refractivity contribution in [3.8, 4) is 0 Å². The SMILES string of the molecule is Cc1c2c(cc3c1CC(C)C3)C=NCC(C1CC1)=C2. The molecule has 1 heterocycles. The highest BCUT2D eigenvalue weighted by Crippen LogP contribution is 2.40. The van der Waals surface area contributed by atoms with Crippen LogP contribution in [0.4, 0.5) is 0 Å². The fourth-order valence-electron chi connectivity index (χ4n) is 3.71. The minimum Gasteiger partial charge on any atom is -0.288 e. The molecular formula is C18H21N. The molecule has 1 aromatic rings. The van der Waals surface area contributed by atoms with Crippen molar-refractivity contribution in [1.29, 1.82) is 0 Å². The van der Waals surface area contributed by atoms with Gasteiger partial charge < -0.3 is 0 Å². The summed E-state index contributed by atoms with van der Waals surface area (Å²) in [5.41, 5.74) is 9.07. The van der Waals surface area contributed by atoms with Gasteiger partial charge in [0.1, 0.15) is 0 Å². The molecule has 1 aliphatic heterocycles. The van der Waals surface area contributed by atoms with Gasteiger partial charge in [0.2, 0.25) is 0 Å². The van der Waals surface area contributed by atoms with Gasteiger partial charge >= 0.3 is 0 Å². The van der Waals surface area contributed by atoms with E-state index in [0.29, 0.717) is 0 Å². The summed E-state index contributed by atoms with van der Waals surface area (Å²) in [4.78, 5) is 4.65. The molecule has 4 rings (SSSR count). The maximum atomic E-state index is 4.65. The third-order valence-corrected chi connectivity index (χ3v) is 4.94. The minimum atomic E-state index is 0.809. The van der Waals surface area contributed by atoms with E-state index in [-0.39, 0.29) is 0 Å². The van der Waals surface area contributed by atoms with Crippen LogP contribution in [0.1, 0.15) is 47.6 Å². The molecule has 1 unspecified atom stereocenters. The second kappa shape index (κ2) is 4.06. The van der Waals surface area contributed by atoms with Gasteiger partial charge in [-0.1, -0.05) is 13.0 Å². The Morgan fingerprint density at radius 2 is 2.05 bits per heavy atom. The number of fused-ring (bicyclic) bond motifs is 2. The van der Waals surface area contributed by atoms with Gasteiger partial charge in [-0.05, 0) is 78.3 Å². The molecule has 1 nitrogen and oxygen atoms in total. The normalized spacial score (nSPS) is 24.7. The molecule has 1 fully saturated rings. The Hall–Kier alpha value is -1.37. The van der Waals surface area contributed by atoms with E-state index >= 15 is 0 Å². The first-order valence-electron chi connectivity index (χ1n) is 7.58. The van der Waals surface area contributed by atoms with Crippen LogP contribution in [0.5, 0.6) is 0 Å². The molecule has 0 N–H and O–H groups in total. The van der Waals surface area contributed by atoms with E-state index in [9.17, 15) is 0 Å². The Bertz CT molecular complexity index is 603. The number of hydrogen-bond acceptors (Lipinski definition) is 1. The van der Waals surface area contributed by atoms with Crippen molar-refractivity contribution >= 4 is 12.3 Å². The average Bonchev–Trinajstić information content (AvgIpc) is 3.15. The highest BCUT2D eigenvalue weighted by Gasteiger charge is 2.28. The summed E-state index contributed by atoms with van der Waals surface area (Å²) < 4.78 is 0. The summed E-state index contributed by atoms with van der Waals surface area (Å²) in [5, 5.41) is 0. The monoisotopic (exact) mass is 251 g/mol. The molecule has 1 saturated carbocycles. The second-order valence-corrected chi connectivity index (χ2v) is 6.62. The van der Waals surface area contributed by atoms with E-state index in [4.69, 9.17) is 0 Å². The number of aliphatic imine (C=N–C) groups is 1. The van der Waals surface area contributed by atoms with E-state index in [2.05, 4.69) is 37.2 Å². The number of hydrogen-bond donors (Lipinski definition) is 0. The molecule has 1 atom stereocenters. The van der Waals surface area contributed by atoms with E-state index in [1.54, 1.807) is 16.7 Å². The van der Waals surface area contributed by atoms with Gasteiger partial charge in [-0.3, -0.25) is 4.99 Å². The van der Waals surface area contributed by atoms with Crippen molar-refractivity contribution in [2.75, 3.05) is 6.54 Å². The summed E-state index contributed by atoms with van der Waals surface area (Å²) in [6.07, 6.45) is 9.82. The van der Waals surface area contributed by atoms with Crippen LogP contribution in [0.2, 0.25) is 0 Å². The van der Waals surface area contributed by atoms with E-state index in [1.807, 2.05) is 0 Å². The van der Waals surface area contributed by atoms with Gasteiger partial charge in [-0.15, -0.1) is 0 Å². The first kappa shape index (κ1) is 11.5. The predicted octanol–water partition coefficient (Wildman–Crippen LogP) is 3.96. The lowest BCUT2D eigenvalue weighted by molar-refractivity contribution is 0.627. The summed E-state index contributed by atoms with van der Waals surface area (Å²) in [7, 11) is 0. The molecule has 2 aliphatic carbocycles. The zero-order valence-electron chi connectivity index (χ0n) is 11.9. The van der Waals surface area contributed by atoms with Gasteiger partial charge in [0.15, 0.2) is 0 Å². The predicted molar refractivity (Wildman–Crippen MR) is 80.9 cm³/mol. The summed E-state index contributed by atoms with van der Waals surface area (Å²) >= 11 is 0. The zero-order chi connectivity index (χ0) is 13.0. The second-order valence-electron chi connectivity index (χ2n) is 6.62. The molecule has 19 heavy (non-hydrogen) atoms. The molecule has 3 aliphatic rings. The molecule has 1 aromatic carbocycles. The largest absolute Gasteiger partial charge is 0.288 e. The maximum Gasteiger partial charge on any atom is 0.0605 e. The topological polar surface area (TPSA) is 12.4 Å². The molecule has 0 saturated heterocycles. The van der Waals surface area contributed by atoms with Gasteiger partial charge in [-0.25, -0.2) is 0 Å². The third kappa shape index (κ3) is 1.87. The van der Waals surface area contributed by atoms with E-state index in [1.165, 1.54) is 42.4 Å². The van der Waals surface area contributed by atoms with Crippen LogP contribution in [-0.2, 0) is 12.8 Å². The van der Waals surface area contributed by atoms with Gasteiger partial charge in [0.05, 0.1) is 6.54 Å². The Labute approximate surface area is 115 Å². The molecule has 0 amide bonds. The van der Waals surface area contributed by atoms with E-state index < -0.39 is 0 Å². The molecule has 0 aromatic heterocycles. The lowest BCUT2D eigenvalue weighted by Crippen LogP contribution is -1.98. The average molecular weight is 251 g/mol. The Morgan fingerprint density at radius 3 is 2.84 bits per heavy atom. The molecule has 0 bridgehead atoms. The van der Waals surface area contributed by atoms with Crippen molar-refractivity contribution in [3.05, 3.63) is 39.5 Å². The smallest absolute Gasteiger partial charge is 0.0605 e. The van der Waals surface area contributed by atoms with Crippen molar-refractivity contribution in [1.82, 2.24) is 0 Å². The quantitative estimate of drug-likeness (QED) is 0.716. The summed E-state index contributed by atoms with van der Waals surface area (Å²) in [5.74, 6) is 1.64. The molecule has 1 heteroatoms. The first-order valence-corrected chi connectivity index (χ1v) is 7.58. The Morgan fingerprint density at radius 1 is 1.21 bits per heavy atom. The van der Waals surface area contributed by atoms with E-state index in [0.717, 1.165) is 18.4 Å². The number of nitrogens with zero attached hydrogens (tertiary/aromatic N) is 1. The van der Waals surface area contributed by atoms with Gasteiger partial charge in [-0.2, -0.15) is 0 Å². The van der Waals surface area contributed by atoms with Crippen LogP contribution < -0.4 is 0 Å². The van der Waals surface area contributed by atoms with Crippen molar-refractivity contribution in [2.45, 2.75) is 39.5 Å². The number of rotatable bonds is 1. The third-order valence-electron chi connectivity index (χ3n) is 4.94. The van der Waals surface area contributed by atoms with Crippen LogP contribution >= 0.6 is 0 Å². The van der Waals surface area contributed by atoms with Crippen LogP contribution in [-0.4, -0.2) is 12.8 Å². The molecular weight excluding hydrogens is 230 g/mol. The van der Waals surface area contributed by atoms with Crippen LogP contribution in [0.3, 0.4) is 0 Å². The molecule has 0 spiro atoms. The van der Waals surface area contributed by atoms with Crippen LogP contribution in [0.25, 0.3) is 6.08 Å². The fourth-order valence-corrected chi connectivity index (χ4v) is 3.71. The van der Waals surface area contributed by atoms with Crippen LogP contribution in [0, 0.1) is 18.8 Å². The fraction of sp³-hybridized carbons (Fsp3) is 0.500. The number of benzene rings is 1. The molecule has 98 valence electrons. The lowest BCUT2D eigenvalue weighted by atomic mass is 9.92. The van der Waals surface area contributed by atoms with Gasteiger partial charge in [0.25, 0.3) is 0 Å². The lowest BCUT2D eigenvalue weighted by Gasteiger charge is -2.12. The Balaban J connectivity index is 1.88. The Kier molecular flexibility index (Phi) is 2.45. The highest BCUT2D eigenvalue weighted by atomic mass is 14.7. The van der Waals surface area contributed by atoms with Crippen molar-refractivity contribution in [2.24, 2.45) is 16.8 Å². The minimum absolute atomic E-state index is 0.809.